The van der Waals surface area contributed by atoms with E-state index in [-0.39, 0.29) is 0 Å². The smallest absolute Gasteiger partial charge is 0.220 e. The zero-order chi connectivity index (χ0) is 36.7. The van der Waals surface area contributed by atoms with Gasteiger partial charge in [0.25, 0.3) is 0 Å². The van der Waals surface area contributed by atoms with Gasteiger partial charge in [-0.05, 0) is 106 Å². The number of benzene rings is 8. The van der Waals surface area contributed by atoms with Gasteiger partial charge < -0.3 is 0 Å². The summed E-state index contributed by atoms with van der Waals surface area (Å²) in [5.74, 6) is 1.78. The summed E-state index contributed by atoms with van der Waals surface area (Å²) in [7, 11) is 0. The largest absolute Gasteiger partial charge is 0.278 e. The lowest BCUT2D eigenvalue weighted by atomic mass is 10.0. The minimum Gasteiger partial charge on any atom is -0.278 e. The second kappa shape index (κ2) is 11.9. The predicted molar refractivity (Wildman–Crippen MR) is 229 cm³/mol. The predicted octanol–water partition coefficient (Wildman–Crippen LogP) is 12.2. The molecule has 0 bridgehead atoms. The van der Waals surface area contributed by atoms with Crippen molar-refractivity contribution in [2.45, 2.75) is 0 Å². The number of imidazole rings is 4. The monoisotopic (exact) mass is 716 g/mol. The molecule has 0 fully saturated rings. The van der Waals surface area contributed by atoms with E-state index in [0.29, 0.717) is 0 Å². The molecular formula is C50H32N6. The van der Waals surface area contributed by atoms with Crippen LogP contribution in [0, 0.1) is 0 Å². The summed E-state index contributed by atoms with van der Waals surface area (Å²) in [6.07, 6.45) is 0. The Morgan fingerprint density at radius 2 is 0.625 bits per heavy atom. The van der Waals surface area contributed by atoms with Crippen LogP contribution in [0.3, 0.4) is 0 Å². The first kappa shape index (κ1) is 30.7. The summed E-state index contributed by atoms with van der Waals surface area (Å²) in [5.41, 5.74) is 17.7. The highest BCUT2D eigenvalue weighted by Crippen LogP contribution is 2.36. The van der Waals surface area contributed by atoms with Gasteiger partial charge in [-0.2, -0.15) is 0 Å². The zero-order valence-electron chi connectivity index (χ0n) is 30.2. The third-order valence-electron chi connectivity index (χ3n) is 11.2. The van der Waals surface area contributed by atoms with E-state index >= 15 is 0 Å². The second-order valence-corrected chi connectivity index (χ2v) is 14.4. The zero-order valence-corrected chi connectivity index (χ0v) is 30.2. The second-order valence-electron chi connectivity index (χ2n) is 14.4. The number of aromatic nitrogens is 6. The Hall–Kier alpha value is -7.70. The molecule has 0 aliphatic heterocycles. The van der Waals surface area contributed by atoms with Crippen LogP contribution in [0.1, 0.15) is 0 Å². The number of hydrogen-bond acceptors (Lipinski definition) is 2. The molecule has 0 saturated carbocycles. The molecule has 4 aromatic heterocycles. The van der Waals surface area contributed by atoms with Crippen molar-refractivity contribution < 1.29 is 0 Å². The summed E-state index contributed by atoms with van der Waals surface area (Å²) < 4.78 is 9.16. The van der Waals surface area contributed by atoms with Crippen molar-refractivity contribution in [3.8, 4) is 44.8 Å². The van der Waals surface area contributed by atoms with Crippen molar-refractivity contribution >= 4 is 55.7 Å². The first-order valence-corrected chi connectivity index (χ1v) is 18.9. The van der Waals surface area contributed by atoms with Gasteiger partial charge >= 0.3 is 0 Å². The van der Waals surface area contributed by atoms with Crippen LogP contribution in [0.15, 0.2) is 194 Å². The van der Waals surface area contributed by atoms with Gasteiger partial charge in [0, 0.05) is 11.4 Å². The number of para-hydroxylation sites is 4. The summed E-state index contributed by atoms with van der Waals surface area (Å²) in [4.78, 5) is 10.4. The normalized spacial score (nSPS) is 11.9. The van der Waals surface area contributed by atoms with E-state index in [1.165, 1.54) is 22.3 Å². The first-order chi connectivity index (χ1) is 27.8. The maximum absolute atomic E-state index is 5.18. The summed E-state index contributed by atoms with van der Waals surface area (Å²) in [5, 5.41) is 0. The Morgan fingerprint density at radius 3 is 1.05 bits per heavy atom. The van der Waals surface area contributed by atoms with Gasteiger partial charge in [0.2, 0.25) is 11.6 Å². The lowest BCUT2D eigenvalue weighted by Gasteiger charge is -2.09. The summed E-state index contributed by atoms with van der Waals surface area (Å²) >= 11 is 0. The number of rotatable bonds is 5. The van der Waals surface area contributed by atoms with E-state index in [1.54, 1.807) is 0 Å². The third kappa shape index (κ3) is 4.56. The van der Waals surface area contributed by atoms with Crippen LogP contribution >= 0.6 is 0 Å². The van der Waals surface area contributed by atoms with Crippen molar-refractivity contribution in [3.63, 3.8) is 0 Å². The van der Waals surface area contributed by atoms with Crippen LogP contribution in [-0.2, 0) is 0 Å². The molecule has 8 aromatic carbocycles. The maximum atomic E-state index is 5.18. The topological polar surface area (TPSA) is 44.5 Å². The molecule has 0 atom stereocenters. The average Bonchev–Trinajstić information content (AvgIpc) is 4.00. The highest BCUT2D eigenvalue weighted by molar-refractivity contribution is 5.97. The lowest BCUT2D eigenvalue weighted by Crippen LogP contribution is -1.95. The van der Waals surface area contributed by atoms with E-state index in [4.69, 9.17) is 9.97 Å². The van der Waals surface area contributed by atoms with Gasteiger partial charge in [0.15, 0.2) is 0 Å². The minimum absolute atomic E-state index is 0.892. The molecule has 12 rings (SSSR count). The quantitative estimate of drug-likeness (QED) is 0.178. The van der Waals surface area contributed by atoms with Gasteiger partial charge in [-0.25, -0.2) is 9.97 Å². The van der Waals surface area contributed by atoms with Gasteiger partial charge in [-0.1, -0.05) is 121 Å². The van der Waals surface area contributed by atoms with Gasteiger partial charge in [0.1, 0.15) is 0 Å². The van der Waals surface area contributed by atoms with Crippen LogP contribution in [0.2, 0.25) is 0 Å². The molecule has 6 heteroatoms. The maximum Gasteiger partial charge on any atom is 0.220 e. The number of nitrogens with zero attached hydrogens (tertiary/aromatic N) is 6. The molecule has 0 aliphatic rings. The average molecular weight is 717 g/mol. The number of hydrogen-bond donors (Lipinski definition) is 0. The Labute approximate surface area is 321 Å². The third-order valence-corrected chi connectivity index (χ3v) is 11.2. The van der Waals surface area contributed by atoms with E-state index < -0.39 is 0 Å². The molecule has 0 N–H and O–H groups in total. The Bertz CT molecular complexity index is 3210. The molecule has 6 nitrogen and oxygen atoms in total. The van der Waals surface area contributed by atoms with Gasteiger partial charge in [0.05, 0.1) is 44.1 Å². The van der Waals surface area contributed by atoms with Crippen LogP contribution in [0.25, 0.3) is 100 Å². The highest BCUT2D eigenvalue weighted by Gasteiger charge is 2.21. The lowest BCUT2D eigenvalue weighted by molar-refractivity contribution is 1.11. The van der Waals surface area contributed by atoms with E-state index in [0.717, 1.165) is 78.2 Å². The van der Waals surface area contributed by atoms with E-state index in [9.17, 15) is 0 Å². The molecule has 0 radical (unpaired) electrons. The summed E-state index contributed by atoms with van der Waals surface area (Å²) in [6, 6.07) is 69.0. The minimum atomic E-state index is 0.892. The van der Waals surface area contributed by atoms with Crippen molar-refractivity contribution in [3.05, 3.63) is 194 Å². The number of fused-ring (bicyclic) bond motifs is 10. The highest BCUT2D eigenvalue weighted by atomic mass is 15.2. The molecule has 0 amide bonds. The molecule has 0 aliphatic carbocycles. The molecule has 12 aromatic rings. The van der Waals surface area contributed by atoms with E-state index in [1.807, 2.05) is 0 Å². The Balaban J connectivity index is 1.04. The molecule has 0 spiro atoms. The van der Waals surface area contributed by atoms with Crippen LogP contribution in [0.4, 0.5) is 0 Å². The summed E-state index contributed by atoms with van der Waals surface area (Å²) in [6.45, 7) is 0. The Morgan fingerprint density at radius 1 is 0.268 bits per heavy atom. The van der Waals surface area contributed by atoms with Crippen molar-refractivity contribution in [2.24, 2.45) is 0 Å². The van der Waals surface area contributed by atoms with Gasteiger partial charge in [-0.15, -0.1) is 0 Å². The van der Waals surface area contributed by atoms with Crippen molar-refractivity contribution in [1.82, 2.24) is 27.9 Å². The first-order valence-electron chi connectivity index (χ1n) is 18.9. The molecule has 4 heterocycles. The molecule has 0 saturated heterocycles. The van der Waals surface area contributed by atoms with Gasteiger partial charge in [-0.3, -0.25) is 17.9 Å². The molecule has 56 heavy (non-hydrogen) atoms. The SMILES string of the molecule is c1ccc(-c2ccc(-n3c4ccc(-c5ccc6c(c5)n5c7ccccc7nc5n6-c5ccc(-c6ccccc6)cc5)cc4n4c5ccccc5nc34)cc2)cc1. The van der Waals surface area contributed by atoms with E-state index in [2.05, 4.69) is 212 Å². The van der Waals surface area contributed by atoms with Crippen LogP contribution < -0.4 is 0 Å². The fraction of sp³-hybridized carbons (Fsp3) is 0. The van der Waals surface area contributed by atoms with Crippen molar-refractivity contribution in [2.75, 3.05) is 0 Å². The molecule has 0 unspecified atom stereocenters. The molecule has 262 valence electrons. The Kier molecular flexibility index (Phi) is 6.53. The fourth-order valence-electron chi connectivity index (χ4n) is 8.54. The van der Waals surface area contributed by atoms with Crippen LogP contribution in [-0.4, -0.2) is 27.9 Å². The van der Waals surface area contributed by atoms with Crippen molar-refractivity contribution in [1.29, 1.82) is 0 Å². The fourth-order valence-corrected chi connectivity index (χ4v) is 8.54. The molecular weight excluding hydrogens is 685 g/mol. The standard InChI is InChI=1S/C50H32N6/c1-3-11-33(12-4-1)35-19-25-39(26-20-35)53-45-29-23-37(31-47(45)55-43-17-9-7-15-41(43)51-49(53)55)38-24-30-46-48(32-38)56-44-18-10-8-16-42(44)52-50(56)54(46)40-27-21-36(22-28-40)34-13-5-2-6-14-34/h1-32H. The van der Waals surface area contributed by atoms with Crippen LogP contribution in [0.5, 0.6) is 0 Å².